The molecule has 3 rings (SSSR count). The molecule has 0 aliphatic rings. The third-order valence-corrected chi connectivity index (χ3v) is 3.78. The average Bonchev–Trinajstić information content (AvgIpc) is 3.03. The fourth-order valence-corrected chi connectivity index (χ4v) is 2.32. The zero-order chi connectivity index (χ0) is 16.2. The second-order valence-corrected chi connectivity index (χ2v) is 5.79. The molecule has 23 heavy (non-hydrogen) atoms. The van der Waals surface area contributed by atoms with Gasteiger partial charge in [-0.15, -0.1) is 0 Å². The number of carbonyl (C=O) groups is 1. The Labute approximate surface area is 143 Å². The molecule has 0 atom stereocenters. The first-order chi connectivity index (χ1) is 11.1. The molecule has 1 aromatic heterocycles. The maximum atomic E-state index is 12.1. The lowest BCUT2D eigenvalue weighted by Gasteiger charge is -1.95. The summed E-state index contributed by atoms with van der Waals surface area (Å²) in [6.07, 6.45) is 3.20. The van der Waals surface area contributed by atoms with Gasteiger partial charge in [-0.05, 0) is 54.6 Å². The van der Waals surface area contributed by atoms with E-state index < -0.39 is 0 Å². The molecule has 0 unspecified atom stereocenters. The van der Waals surface area contributed by atoms with Gasteiger partial charge in [0.25, 0.3) is 0 Å². The van der Waals surface area contributed by atoms with Crippen LogP contribution in [0.5, 0.6) is 0 Å². The van der Waals surface area contributed by atoms with E-state index in [0.29, 0.717) is 15.6 Å². The molecule has 1 N–H and O–H groups in total. The summed E-state index contributed by atoms with van der Waals surface area (Å²) >= 11 is 11.7. The van der Waals surface area contributed by atoms with Gasteiger partial charge in [0.05, 0.1) is 11.4 Å². The summed E-state index contributed by atoms with van der Waals surface area (Å²) in [6, 6.07) is 16.1. The molecule has 3 aromatic rings. The molecule has 0 fully saturated rings. The van der Waals surface area contributed by atoms with E-state index >= 15 is 0 Å². The number of ketones is 1. The lowest BCUT2D eigenvalue weighted by atomic mass is 10.1. The van der Waals surface area contributed by atoms with Crippen molar-refractivity contribution in [1.82, 2.24) is 10.2 Å². The van der Waals surface area contributed by atoms with Crippen LogP contribution in [0.4, 0.5) is 0 Å². The number of hydrogen-bond donors (Lipinski definition) is 1. The summed E-state index contributed by atoms with van der Waals surface area (Å²) in [4.78, 5) is 12.1. The van der Waals surface area contributed by atoms with Crippen LogP contribution in [0.25, 0.3) is 17.3 Å². The Bertz CT molecular complexity index is 849. The first-order valence-electron chi connectivity index (χ1n) is 6.91. The second-order valence-electron chi connectivity index (χ2n) is 4.92. The molecule has 1 heterocycles. The van der Waals surface area contributed by atoms with E-state index in [9.17, 15) is 4.79 Å². The Morgan fingerprint density at radius 1 is 0.957 bits per heavy atom. The highest BCUT2D eigenvalue weighted by Crippen LogP contribution is 2.20. The molecule has 5 heteroatoms. The minimum atomic E-state index is -0.0932. The van der Waals surface area contributed by atoms with E-state index in [-0.39, 0.29) is 5.78 Å². The molecule has 0 spiro atoms. The van der Waals surface area contributed by atoms with E-state index in [0.717, 1.165) is 17.0 Å². The van der Waals surface area contributed by atoms with Crippen LogP contribution in [0.3, 0.4) is 0 Å². The lowest BCUT2D eigenvalue weighted by Crippen LogP contribution is -1.93. The molecule has 0 radical (unpaired) electrons. The third kappa shape index (κ3) is 3.89. The summed E-state index contributed by atoms with van der Waals surface area (Å²) in [5.74, 6) is -0.0932. The number of nitrogens with one attached hydrogen (secondary N) is 1. The van der Waals surface area contributed by atoms with Crippen LogP contribution in [0, 0.1) is 0 Å². The van der Waals surface area contributed by atoms with Gasteiger partial charge in [0.1, 0.15) is 0 Å². The Hall–Kier alpha value is -2.36. The molecule has 0 aliphatic heterocycles. The van der Waals surface area contributed by atoms with Crippen LogP contribution < -0.4 is 0 Å². The van der Waals surface area contributed by atoms with Gasteiger partial charge < -0.3 is 0 Å². The maximum Gasteiger partial charge on any atom is 0.185 e. The van der Waals surface area contributed by atoms with E-state index in [1.165, 1.54) is 6.08 Å². The Balaban J connectivity index is 1.74. The van der Waals surface area contributed by atoms with Gasteiger partial charge in [-0.3, -0.25) is 9.89 Å². The van der Waals surface area contributed by atoms with Gasteiger partial charge in [0.15, 0.2) is 5.78 Å². The fourth-order valence-electron chi connectivity index (χ4n) is 2.07. The van der Waals surface area contributed by atoms with Crippen LogP contribution in [-0.2, 0) is 0 Å². The highest BCUT2D eigenvalue weighted by atomic mass is 35.5. The zero-order valence-corrected chi connectivity index (χ0v) is 13.5. The topological polar surface area (TPSA) is 45.8 Å². The number of allylic oxidation sites excluding steroid dienone is 1. The molecule has 3 nitrogen and oxygen atoms in total. The fraction of sp³-hybridized carbons (Fsp3) is 0. The highest BCUT2D eigenvalue weighted by Gasteiger charge is 2.04. The van der Waals surface area contributed by atoms with Gasteiger partial charge in [0.2, 0.25) is 0 Å². The van der Waals surface area contributed by atoms with Crippen molar-refractivity contribution >= 4 is 35.1 Å². The molecule has 0 saturated carbocycles. The first kappa shape index (κ1) is 15.5. The third-order valence-electron chi connectivity index (χ3n) is 3.28. The largest absolute Gasteiger partial charge is 0.289 e. The standard InChI is InChI=1S/C18H12Cl2N2O/c19-14-5-1-12(2-6-14)17-11-16(21-22-17)9-10-18(23)13-3-7-15(20)8-4-13/h1-11H,(H,21,22)/b10-9+. The normalized spacial score (nSPS) is 11.0. The van der Waals surface area contributed by atoms with Crippen molar-refractivity contribution in [3.05, 3.63) is 82.0 Å². The molecule has 2 aromatic carbocycles. The van der Waals surface area contributed by atoms with E-state index in [2.05, 4.69) is 10.2 Å². The van der Waals surface area contributed by atoms with Crippen molar-refractivity contribution < 1.29 is 4.79 Å². The molecule has 0 bridgehead atoms. The summed E-state index contributed by atoms with van der Waals surface area (Å²) in [6.45, 7) is 0. The van der Waals surface area contributed by atoms with Crippen molar-refractivity contribution in [3.8, 4) is 11.3 Å². The van der Waals surface area contributed by atoms with Crippen molar-refractivity contribution in [2.24, 2.45) is 0 Å². The maximum absolute atomic E-state index is 12.1. The van der Waals surface area contributed by atoms with Crippen molar-refractivity contribution in [3.63, 3.8) is 0 Å². The van der Waals surface area contributed by atoms with Gasteiger partial charge in [0, 0.05) is 21.2 Å². The second kappa shape index (κ2) is 6.82. The van der Waals surface area contributed by atoms with E-state index in [1.807, 2.05) is 30.3 Å². The number of benzene rings is 2. The van der Waals surface area contributed by atoms with Crippen LogP contribution in [0.15, 0.2) is 60.7 Å². The van der Waals surface area contributed by atoms with Gasteiger partial charge >= 0.3 is 0 Å². The van der Waals surface area contributed by atoms with Gasteiger partial charge in [-0.1, -0.05) is 35.3 Å². The summed E-state index contributed by atoms with van der Waals surface area (Å²) < 4.78 is 0. The number of aromatic amines is 1. The molecule has 0 aliphatic carbocycles. The number of hydrogen-bond acceptors (Lipinski definition) is 2. The van der Waals surface area contributed by atoms with Crippen molar-refractivity contribution in [1.29, 1.82) is 0 Å². The summed E-state index contributed by atoms with van der Waals surface area (Å²) in [5, 5.41) is 8.40. The number of H-pyrrole nitrogens is 1. The highest BCUT2D eigenvalue weighted by molar-refractivity contribution is 6.31. The van der Waals surface area contributed by atoms with Gasteiger partial charge in [-0.2, -0.15) is 5.10 Å². The number of aromatic nitrogens is 2. The summed E-state index contributed by atoms with van der Waals surface area (Å²) in [7, 11) is 0. The van der Waals surface area contributed by atoms with Crippen molar-refractivity contribution in [2.45, 2.75) is 0 Å². The van der Waals surface area contributed by atoms with Gasteiger partial charge in [-0.25, -0.2) is 0 Å². The Kier molecular flexibility index (Phi) is 4.60. The molecule has 0 amide bonds. The predicted molar refractivity (Wildman–Crippen MR) is 93.9 cm³/mol. The lowest BCUT2D eigenvalue weighted by molar-refractivity contribution is 0.104. The van der Waals surface area contributed by atoms with Crippen LogP contribution in [0.2, 0.25) is 10.0 Å². The Morgan fingerprint density at radius 3 is 2.22 bits per heavy atom. The minimum absolute atomic E-state index is 0.0932. The number of nitrogens with zero attached hydrogens (tertiary/aromatic N) is 1. The van der Waals surface area contributed by atoms with Crippen LogP contribution in [0.1, 0.15) is 16.1 Å². The molecular weight excluding hydrogens is 331 g/mol. The Morgan fingerprint density at radius 2 is 1.57 bits per heavy atom. The summed E-state index contributed by atoms with van der Waals surface area (Å²) in [5.41, 5.74) is 3.08. The molecule has 114 valence electrons. The molecule has 0 saturated heterocycles. The van der Waals surface area contributed by atoms with E-state index in [4.69, 9.17) is 23.2 Å². The van der Waals surface area contributed by atoms with Crippen molar-refractivity contribution in [2.75, 3.05) is 0 Å². The minimum Gasteiger partial charge on any atom is -0.289 e. The number of carbonyl (C=O) groups excluding carboxylic acids is 1. The number of halogens is 2. The van der Waals surface area contributed by atoms with Crippen LogP contribution >= 0.6 is 23.2 Å². The van der Waals surface area contributed by atoms with Crippen LogP contribution in [-0.4, -0.2) is 16.0 Å². The first-order valence-corrected chi connectivity index (χ1v) is 7.67. The van der Waals surface area contributed by atoms with E-state index in [1.54, 1.807) is 30.3 Å². The quantitative estimate of drug-likeness (QED) is 0.517. The average molecular weight is 343 g/mol. The number of rotatable bonds is 4. The monoisotopic (exact) mass is 342 g/mol. The molecular formula is C18H12Cl2N2O. The smallest absolute Gasteiger partial charge is 0.185 e. The SMILES string of the molecule is O=C(/C=C/c1cc(-c2ccc(Cl)cc2)n[nH]1)c1ccc(Cl)cc1. The predicted octanol–water partition coefficient (Wildman–Crippen LogP) is 5.28. The zero-order valence-electron chi connectivity index (χ0n) is 12.0.